The van der Waals surface area contributed by atoms with Crippen molar-refractivity contribution in [3.05, 3.63) is 29.8 Å². The van der Waals surface area contributed by atoms with E-state index in [4.69, 9.17) is 10.7 Å². The zero-order valence-electron chi connectivity index (χ0n) is 21.4. The van der Waals surface area contributed by atoms with Gasteiger partial charge in [0, 0.05) is 32.4 Å². The fourth-order valence-corrected chi connectivity index (χ4v) is 5.52. The fraction of sp³-hybridized carbons (Fsp3) is 0.577. The van der Waals surface area contributed by atoms with Crippen LogP contribution in [-0.4, -0.2) is 80.4 Å². The molecular formula is C26H39N7O2. The number of amidine groups is 1. The largest absolute Gasteiger partial charge is 0.397 e. The van der Waals surface area contributed by atoms with Crippen LogP contribution in [-0.2, 0) is 4.79 Å². The Morgan fingerprint density at radius 3 is 2.80 bits per heavy atom. The second kappa shape index (κ2) is 10.7. The van der Waals surface area contributed by atoms with E-state index in [9.17, 15) is 9.59 Å². The molecule has 3 unspecified atom stereocenters. The Balaban J connectivity index is 1.63. The third-order valence-corrected chi connectivity index (χ3v) is 7.55. The first-order chi connectivity index (χ1) is 16.8. The monoisotopic (exact) mass is 481 g/mol. The number of hydrogen-bond donors (Lipinski definition) is 3. The zero-order chi connectivity index (χ0) is 25.1. The van der Waals surface area contributed by atoms with Crippen molar-refractivity contribution < 1.29 is 9.59 Å². The number of rotatable bonds is 5. The first-order valence-corrected chi connectivity index (χ1v) is 12.6. The van der Waals surface area contributed by atoms with E-state index >= 15 is 0 Å². The van der Waals surface area contributed by atoms with Crippen molar-refractivity contribution in [2.75, 3.05) is 62.8 Å². The van der Waals surface area contributed by atoms with Crippen molar-refractivity contribution in [2.45, 2.75) is 39.2 Å². The van der Waals surface area contributed by atoms with Crippen LogP contribution >= 0.6 is 0 Å². The number of amides is 3. The summed E-state index contributed by atoms with van der Waals surface area (Å²) in [5, 5.41) is 6.10. The maximum absolute atomic E-state index is 13.3. The van der Waals surface area contributed by atoms with Crippen molar-refractivity contribution in [3.63, 3.8) is 0 Å². The topological polar surface area (TPSA) is 106 Å². The van der Waals surface area contributed by atoms with Crippen molar-refractivity contribution >= 4 is 34.8 Å². The summed E-state index contributed by atoms with van der Waals surface area (Å²) in [6.45, 7) is 7.73. The van der Waals surface area contributed by atoms with Gasteiger partial charge < -0.3 is 20.9 Å². The van der Waals surface area contributed by atoms with Crippen LogP contribution in [0.25, 0.3) is 0 Å². The number of nitrogens with two attached hydrogens (primary N) is 1. The van der Waals surface area contributed by atoms with Gasteiger partial charge in [-0.1, -0.05) is 18.6 Å². The summed E-state index contributed by atoms with van der Waals surface area (Å²) in [6.07, 6.45) is 5.21. The first kappa shape index (κ1) is 25.0. The Morgan fingerprint density at radius 2 is 2.06 bits per heavy atom. The third kappa shape index (κ3) is 5.45. The predicted octanol–water partition coefficient (Wildman–Crippen LogP) is 2.76. The summed E-state index contributed by atoms with van der Waals surface area (Å²) in [7, 11) is 3.90. The Bertz CT molecular complexity index is 1020. The van der Waals surface area contributed by atoms with Gasteiger partial charge in [-0.15, -0.1) is 0 Å². The van der Waals surface area contributed by atoms with Crippen LogP contribution in [0.3, 0.4) is 0 Å². The molecule has 4 N–H and O–H groups in total. The number of likely N-dealkylation sites (N-methyl/N-ethyl adjacent to an activating group) is 1. The number of nitrogens with zero attached hydrogens (tertiary/aromatic N) is 4. The van der Waals surface area contributed by atoms with Crippen molar-refractivity contribution in [2.24, 2.45) is 16.8 Å². The maximum Gasteiger partial charge on any atom is 0.327 e. The number of nitrogens with one attached hydrogen (secondary N) is 2. The molecule has 0 bridgehead atoms. The number of carbonyl (C=O) groups excluding carboxylic acids is 2. The highest BCUT2D eigenvalue weighted by atomic mass is 16.2. The SMILES string of the molecule is CNc1cc(N2C(=O)NC(=NCC(=O)N3CCCN(C)CC3)C2C2CCC(C)=CC2C)ccc1N. The van der Waals surface area contributed by atoms with Gasteiger partial charge in [0.15, 0.2) is 0 Å². The molecule has 1 aromatic carbocycles. The van der Waals surface area contributed by atoms with Crippen LogP contribution in [0.5, 0.6) is 0 Å². The molecule has 1 aliphatic carbocycles. The predicted molar refractivity (Wildman–Crippen MR) is 142 cm³/mol. The number of hydrogen-bond acceptors (Lipinski definition) is 6. The highest BCUT2D eigenvalue weighted by Crippen LogP contribution is 2.38. The maximum atomic E-state index is 13.3. The van der Waals surface area contributed by atoms with Gasteiger partial charge in [0.2, 0.25) is 5.91 Å². The standard InChI is InChI=1S/C26H39N7O2/c1-17-6-8-20(18(2)14-17)24-25(29-16-23(34)32-11-5-10-31(4)12-13-32)30-26(35)33(24)19-7-9-21(27)22(15-19)28-3/h7,9,14-15,18,20,24,28H,5-6,8,10-13,16,27H2,1-4H3,(H,29,30,35). The summed E-state index contributed by atoms with van der Waals surface area (Å²) >= 11 is 0. The second-order valence-corrected chi connectivity index (χ2v) is 10.1. The van der Waals surface area contributed by atoms with Crippen LogP contribution in [0, 0.1) is 11.8 Å². The highest BCUT2D eigenvalue weighted by Gasteiger charge is 2.44. The molecule has 9 nitrogen and oxygen atoms in total. The molecule has 3 aliphatic rings. The fourth-order valence-electron chi connectivity index (χ4n) is 5.52. The molecule has 3 amide bonds. The summed E-state index contributed by atoms with van der Waals surface area (Å²) in [4.78, 5) is 36.9. The normalized spacial score (nSPS) is 27.0. The number of urea groups is 1. The second-order valence-electron chi connectivity index (χ2n) is 10.1. The molecule has 0 spiro atoms. The molecule has 2 saturated heterocycles. The van der Waals surface area contributed by atoms with E-state index in [1.165, 1.54) is 5.57 Å². The number of benzene rings is 1. The molecule has 2 fully saturated rings. The van der Waals surface area contributed by atoms with E-state index in [1.807, 2.05) is 30.1 Å². The lowest BCUT2D eigenvalue weighted by Gasteiger charge is -2.36. The lowest BCUT2D eigenvalue weighted by molar-refractivity contribution is -0.129. The molecule has 1 aromatic rings. The zero-order valence-corrected chi connectivity index (χ0v) is 21.4. The first-order valence-electron chi connectivity index (χ1n) is 12.6. The molecule has 0 aromatic heterocycles. The van der Waals surface area contributed by atoms with Gasteiger partial charge in [0.1, 0.15) is 12.4 Å². The van der Waals surface area contributed by atoms with Gasteiger partial charge in [-0.05, 0) is 69.8 Å². The molecule has 0 saturated carbocycles. The van der Waals surface area contributed by atoms with Crippen LogP contribution in [0.2, 0.25) is 0 Å². The van der Waals surface area contributed by atoms with Gasteiger partial charge in [-0.25, -0.2) is 4.79 Å². The van der Waals surface area contributed by atoms with Crippen molar-refractivity contribution in [1.82, 2.24) is 15.1 Å². The average Bonchev–Trinajstić information content (AvgIpc) is 2.99. The molecule has 0 radical (unpaired) electrons. The minimum Gasteiger partial charge on any atom is -0.397 e. The smallest absolute Gasteiger partial charge is 0.327 e. The quantitative estimate of drug-likeness (QED) is 0.443. The molecule has 3 atom stereocenters. The Kier molecular flexibility index (Phi) is 7.64. The molecule has 190 valence electrons. The van der Waals surface area contributed by atoms with Crippen LogP contribution in [0.1, 0.15) is 33.1 Å². The average molecular weight is 482 g/mol. The third-order valence-electron chi connectivity index (χ3n) is 7.55. The highest BCUT2D eigenvalue weighted by molar-refractivity contribution is 6.17. The van der Waals surface area contributed by atoms with E-state index in [0.717, 1.165) is 50.3 Å². The molecule has 2 heterocycles. The Morgan fingerprint density at radius 1 is 1.26 bits per heavy atom. The number of anilines is 3. The summed E-state index contributed by atoms with van der Waals surface area (Å²) < 4.78 is 0. The molecular weight excluding hydrogens is 442 g/mol. The lowest BCUT2D eigenvalue weighted by Crippen LogP contribution is -2.44. The van der Waals surface area contributed by atoms with E-state index in [0.29, 0.717) is 18.1 Å². The van der Waals surface area contributed by atoms with Gasteiger partial charge in [0.25, 0.3) is 0 Å². The minimum atomic E-state index is -0.266. The number of carbonyl (C=O) groups is 2. The number of nitrogen functional groups attached to an aromatic ring is 1. The molecule has 9 heteroatoms. The van der Waals surface area contributed by atoms with Crippen molar-refractivity contribution in [1.29, 1.82) is 0 Å². The lowest BCUT2D eigenvalue weighted by atomic mass is 9.77. The minimum absolute atomic E-state index is 0.0108. The van der Waals surface area contributed by atoms with Gasteiger partial charge >= 0.3 is 6.03 Å². The van der Waals surface area contributed by atoms with Gasteiger partial charge in [0.05, 0.1) is 17.4 Å². The Labute approximate surface area is 208 Å². The van der Waals surface area contributed by atoms with Gasteiger partial charge in [-0.3, -0.25) is 20.0 Å². The Hall–Kier alpha value is -3.07. The van der Waals surface area contributed by atoms with Crippen LogP contribution in [0.15, 0.2) is 34.8 Å². The number of allylic oxidation sites excluding steroid dienone is 2. The van der Waals surface area contributed by atoms with E-state index in [2.05, 4.69) is 42.5 Å². The molecule has 2 aliphatic heterocycles. The van der Waals surface area contributed by atoms with E-state index in [1.54, 1.807) is 4.90 Å². The summed E-state index contributed by atoms with van der Waals surface area (Å²) in [6, 6.07) is 5.10. The van der Waals surface area contributed by atoms with Crippen LogP contribution < -0.4 is 21.3 Å². The van der Waals surface area contributed by atoms with Crippen LogP contribution in [0.4, 0.5) is 21.9 Å². The van der Waals surface area contributed by atoms with Gasteiger partial charge in [-0.2, -0.15) is 0 Å². The van der Waals surface area contributed by atoms with Crippen molar-refractivity contribution in [3.8, 4) is 0 Å². The summed E-state index contributed by atoms with van der Waals surface area (Å²) in [5.41, 5.74) is 9.62. The van der Waals surface area contributed by atoms with E-state index in [-0.39, 0.29) is 36.4 Å². The molecule has 35 heavy (non-hydrogen) atoms. The van der Waals surface area contributed by atoms with E-state index < -0.39 is 0 Å². The summed E-state index contributed by atoms with van der Waals surface area (Å²) in [5.74, 6) is 1.07. The molecule has 4 rings (SSSR count). The number of aliphatic imine (C=N–C) groups is 1.